The molecule has 0 fully saturated rings. The third-order valence-electron chi connectivity index (χ3n) is 13.2. The van der Waals surface area contributed by atoms with Gasteiger partial charge < -0.3 is 9.47 Å². The lowest BCUT2D eigenvalue weighted by atomic mass is 9.94. The van der Waals surface area contributed by atoms with Crippen LogP contribution in [0.15, 0.2) is 279 Å². The van der Waals surface area contributed by atoms with Gasteiger partial charge in [-0.3, -0.25) is 0 Å². The average Bonchev–Trinajstić information content (AvgIpc) is 3.76. The number of hydrogen-bond donors (Lipinski definition) is 0. The third kappa shape index (κ3) is 7.85. The highest BCUT2D eigenvalue weighted by atomic mass is 15.1. The molecule has 12 aromatic rings. The normalized spacial score (nSPS) is 11.2. The van der Waals surface area contributed by atoms with E-state index in [2.05, 4.69) is 289 Å². The van der Waals surface area contributed by atoms with Gasteiger partial charge in [0.2, 0.25) is 0 Å². The predicted molar refractivity (Wildman–Crippen MR) is 288 cm³/mol. The second-order valence-corrected chi connectivity index (χ2v) is 17.4. The molecule has 1 aromatic heterocycles. The Morgan fingerprint density at radius 2 is 0.515 bits per heavy atom. The Morgan fingerprint density at radius 3 is 0.971 bits per heavy atom. The molecular formula is C66H46N2. The van der Waals surface area contributed by atoms with E-state index in [1.165, 1.54) is 94.3 Å². The van der Waals surface area contributed by atoms with Crippen LogP contribution in [0, 0.1) is 0 Å². The number of para-hydroxylation sites is 2. The summed E-state index contributed by atoms with van der Waals surface area (Å²) in [4.78, 5) is 2.34. The molecule has 0 saturated heterocycles. The first kappa shape index (κ1) is 40.5. The molecule has 0 spiro atoms. The van der Waals surface area contributed by atoms with Crippen molar-refractivity contribution >= 4 is 38.9 Å². The molecule has 0 atom stereocenters. The lowest BCUT2D eigenvalue weighted by molar-refractivity contribution is 1.18. The number of rotatable bonds is 10. The average molecular weight is 867 g/mol. The number of anilines is 3. The van der Waals surface area contributed by atoms with Crippen LogP contribution in [0.3, 0.4) is 0 Å². The zero-order chi connectivity index (χ0) is 45.2. The number of hydrogen-bond acceptors (Lipinski definition) is 1. The topological polar surface area (TPSA) is 8.17 Å². The minimum atomic E-state index is 1.10. The molecule has 0 amide bonds. The zero-order valence-corrected chi connectivity index (χ0v) is 37.5. The molecule has 11 aromatic carbocycles. The maximum Gasteiger partial charge on any atom is 0.0541 e. The summed E-state index contributed by atoms with van der Waals surface area (Å²) in [5, 5.41) is 2.51. The summed E-state index contributed by atoms with van der Waals surface area (Å²) in [5.74, 6) is 0. The molecule has 320 valence electrons. The van der Waals surface area contributed by atoms with Gasteiger partial charge in [-0.15, -0.1) is 0 Å². The quantitative estimate of drug-likeness (QED) is 0.133. The van der Waals surface area contributed by atoms with E-state index in [9.17, 15) is 0 Å². The second kappa shape index (κ2) is 17.8. The molecule has 0 radical (unpaired) electrons. The maximum absolute atomic E-state index is 2.37. The first-order valence-corrected chi connectivity index (χ1v) is 23.3. The van der Waals surface area contributed by atoms with Crippen molar-refractivity contribution in [3.63, 3.8) is 0 Å². The van der Waals surface area contributed by atoms with Crippen LogP contribution >= 0.6 is 0 Å². The summed E-state index contributed by atoms with van der Waals surface area (Å²) < 4.78 is 2.37. The Balaban J connectivity index is 0.833. The van der Waals surface area contributed by atoms with E-state index in [0.717, 1.165) is 17.1 Å². The summed E-state index contributed by atoms with van der Waals surface area (Å²) in [6, 6.07) is 101. The molecular weight excluding hydrogens is 821 g/mol. The fourth-order valence-electron chi connectivity index (χ4n) is 9.76. The van der Waals surface area contributed by atoms with Gasteiger partial charge in [-0.2, -0.15) is 0 Å². The highest BCUT2D eigenvalue weighted by molar-refractivity contribution is 6.10. The molecule has 0 saturated carbocycles. The van der Waals surface area contributed by atoms with Gasteiger partial charge in [-0.1, -0.05) is 194 Å². The zero-order valence-electron chi connectivity index (χ0n) is 37.5. The lowest BCUT2D eigenvalue weighted by Crippen LogP contribution is -2.09. The Labute approximate surface area is 397 Å². The van der Waals surface area contributed by atoms with Crippen LogP contribution in [0.2, 0.25) is 0 Å². The highest BCUT2D eigenvalue weighted by Crippen LogP contribution is 2.40. The number of fused-ring (bicyclic) bond motifs is 3. The van der Waals surface area contributed by atoms with Crippen LogP contribution in [0.5, 0.6) is 0 Å². The smallest absolute Gasteiger partial charge is 0.0541 e. The van der Waals surface area contributed by atoms with Crippen LogP contribution in [-0.4, -0.2) is 4.57 Å². The number of benzene rings is 11. The van der Waals surface area contributed by atoms with Crippen LogP contribution in [0.4, 0.5) is 17.1 Å². The fraction of sp³-hybridized carbons (Fsp3) is 0. The standard InChI is InChI=1S/C66H46N2/c1-4-15-47(16-5-1)49-29-36-60(37-30-49)67(61-38-31-50(32-39-61)48-17-6-2-7-18-48)62-40-33-51(34-41-62)52-19-12-20-53(43-52)54-21-13-22-55(44-54)56-23-14-24-57(45-56)58-35-42-66-64(46-58)63-27-10-11-28-65(63)68(66)59-25-8-3-9-26-59/h1-46H. The van der Waals surface area contributed by atoms with Crippen LogP contribution < -0.4 is 4.90 Å². The molecule has 2 heteroatoms. The van der Waals surface area contributed by atoms with Crippen LogP contribution in [0.1, 0.15) is 0 Å². The summed E-state index contributed by atoms with van der Waals surface area (Å²) in [6.45, 7) is 0. The fourth-order valence-corrected chi connectivity index (χ4v) is 9.76. The van der Waals surface area contributed by atoms with Crippen molar-refractivity contribution in [1.82, 2.24) is 4.57 Å². The number of aromatic nitrogens is 1. The van der Waals surface area contributed by atoms with Crippen molar-refractivity contribution in [2.45, 2.75) is 0 Å². The molecule has 0 bridgehead atoms. The van der Waals surface area contributed by atoms with Crippen molar-refractivity contribution < 1.29 is 0 Å². The van der Waals surface area contributed by atoms with E-state index < -0.39 is 0 Å². The Kier molecular flexibility index (Phi) is 10.6. The monoisotopic (exact) mass is 866 g/mol. The van der Waals surface area contributed by atoms with E-state index >= 15 is 0 Å². The van der Waals surface area contributed by atoms with Crippen LogP contribution in [-0.2, 0) is 0 Å². The van der Waals surface area contributed by atoms with E-state index in [4.69, 9.17) is 0 Å². The van der Waals surface area contributed by atoms with E-state index in [0.29, 0.717) is 0 Å². The van der Waals surface area contributed by atoms with Gasteiger partial charge in [0.1, 0.15) is 0 Å². The molecule has 0 aliphatic rings. The summed E-state index contributed by atoms with van der Waals surface area (Å²) in [6.07, 6.45) is 0. The molecule has 2 nitrogen and oxygen atoms in total. The third-order valence-corrected chi connectivity index (χ3v) is 13.2. The van der Waals surface area contributed by atoms with Crippen molar-refractivity contribution in [2.24, 2.45) is 0 Å². The second-order valence-electron chi connectivity index (χ2n) is 17.4. The number of nitrogens with zero attached hydrogens (tertiary/aromatic N) is 2. The largest absolute Gasteiger partial charge is 0.311 e. The van der Waals surface area contributed by atoms with Crippen molar-refractivity contribution in [2.75, 3.05) is 4.90 Å². The molecule has 0 aliphatic carbocycles. The summed E-state index contributed by atoms with van der Waals surface area (Å²) in [5.41, 5.74) is 21.2. The maximum atomic E-state index is 2.37. The first-order chi connectivity index (χ1) is 33.7. The SMILES string of the molecule is c1ccc(-c2ccc(N(c3ccc(-c4ccccc4)cc3)c3ccc(-c4cccc(-c5cccc(-c6cccc(-c7ccc8c(c7)c7ccccc7n8-c7ccccc7)c6)c5)c4)cc3)cc2)cc1. The van der Waals surface area contributed by atoms with Gasteiger partial charge in [-0.25, -0.2) is 0 Å². The van der Waals surface area contributed by atoms with E-state index in [1.807, 2.05) is 0 Å². The Hall–Kier alpha value is -8.98. The molecule has 0 N–H and O–H groups in total. The predicted octanol–water partition coefficient (Wildman–Crippen LogP) is 18.3. The highest BCUT2D eigenvalue weighted by Gasteiger charge is 2.16. The van der Waals surface area contributed by atoms with Gasteiger partial charge in [0.25, 0.3) is 0 Å². The Morgan fingerprint density at radius 1 is 0.206 bits per heavy atom. The van der Waals surface area contributed by atoms with E-state index in [1.54, 1.807) is 0 Å². The lowest BCUT2D eigenvalue weighted by Gasteiger charge is -2.26. The Bertz CT molecular complexity index is 3600. The van der Waals surface area contributed by atoms with Crippen molar-refractivity contribution in [3.05, 3.63) is 279 Å². The van der Waals surface area contributed by atoms with Crippen molar-refractivity contribution in [1.29, 1.82) is 0 Å². The summed E-state index contributed by atoms with van der Waals surface area (Å²) in [7, 11) is 0. The summed E-state index contributed by atoms with van der Waals surface area (Å²) >= 11 is 0. The van der Waals surface area contributed by atoms with Crippen molar-refractivity contribution in [3.8, 4) is 72.4 Å². The molecule has 0 unspecified atom stereocenters. The van der Waals surface area contributed by atoms with Gasteiger partial charge in [-0.05, 0) is 152 Å². The van der Waals surface area contributed by atoms with Gasteiger partial charge in [0.05, 0.1) is 11.0 Å². The van der Waals surface area contributed by atoms with Gasteiger partial charge in [0, 0.05) is 33.5 Å². The minimum absolute atomic E-state index is 1.10. The van der Waals surface area contributed by atoms with E-state index in [-0.39, 0.29) is 0 Å². The van der Waals surface area contributed by atoms with Gasteiger partial charge >= 0.3 is 0 Å². The van der Waals surface area contributed by atoms with Gasteiger partial charge in [0.15, 0.2) is 0 Å². The molecule has 0 aliphatic heterocycles. The molecule has 12 rings (SSSR count). The molecule has 1 heterocycles. The molecule has 68 heavy (non-hydrogen) atoms. The first-order valence-electron chi connectivity index (χ1n) is 23.3. The minimum Gasteiger partial charge on any atom is -0.311 e. The van der Waals surface area contributed by atoms with Crippen LogP contribution in [0.25, 0.3) is 94.3 Å².